The third kappa shape index (κ3) is 2.68. The maximum absolute atomic E-state index is 9.32. The summed E-state index contributed by atoms with van der Waals surface area (Å²) in [5, 5.41) is 9.32. The van der Waals surface area contributed by atoms with E-state index in [0.29, 0.717) is 12.3 Å². The van der Waals surface area contributed by atoms with Crippen molar-refractivity contribution >= 4 is 0 Å². The number of rotatable bonds is 4. The number of aliphatic hydroxyl groups is 1. The Kier molecular flexibility index (Phi) is 3.67. The third-order valence-electron chi connectivity index (χ3n) is 1.77. The summed E-state index contributed by atoms with van der Waals surface area (Å²) in [5.74, 6) is 0.551. The number of ether oxygens (including phenoxy) is 1. The molecule has 0 aliphatic rings. The van der Waals surface area contributed by atoms with Gasteiger partial charge in [0.15, 0.2) is 0 Å². The molecule has 0 saturated carbocycles. The fourth-order valence-corrected chi connectivity index (χ4v) is 1.10. The first kappa shape index (κ1) is 9.95. The van der Waals surface area contributed by atoms with E-state index in [4.69, 9.17) is 10.5 Å². The van der Waals surface area contributed by atoms with Crippen LogP contribution in [-0.2, 0) is 6.42 Å². The average Bonchev–Trinajstić information content (AvgIpc) is 2.18. The smallest absolute Gasteiger partial charge is 0.216 e. The van der Waals surface area contributed by atoms with E-state index in [1.54, 1.807) is 19.4 Å². The van der Waals surface area contributed by atoms with Gasteiger partial charge in [0.05, 0.1) is 13.2 Å². The lowest BCUT2D eigenvalue weighted by Crippen LogP contribution is -2.22. The number of hydrogen-bond donors (Lipinski definition) is 2. The molecule has 3 N–H and O–H groups in total. The van der Waals surface area contributed by atoms with E-state index in [1.165, 1.54) is 0 Å². The van der Waals surface area contributed by atoms with Crippen LogP contribution in [0.1, 0.15) is 5.56 Å². The Morgan fingerprint density at radius 2 is 2.46 bits per heavy atom. The second-order valence-electron chi connectivity index (χ2n) is 2.77. The van der Waals surface area contributed by atoms with Crippen LogP contribution in [0, 0.1) is 0 Å². The molecule has 1 aromatic rings. The van der Waals surface area contributed by atoms with Gasteiger partial charge in [-0.25, -0.2) is 4.98 Å². The monoisotopic (exact) mass is 182 g/mol. The van der Waals surface area contributed by atoms with Crippen molar-refractivity contribution in [2.45, 2.75) is 12.5 Å². The van der Waals surface area contributed by atoms with E-state index >= 15 is 0 Å². The molecule has 1 rings (SSSR count). The lowest BCUT2D eigenvalue weighted by atomic mass is 10.1. The van der Waals surface area contributed by atoms with Crippen LogP contribution in [0.25, 0.3) is 0 Å². The molecule has 0 fully saturated rings. The first-order chi connectivity index (χ1) is 6.27. The van der Waals surface area contributed by atoms with Crippen LogP contribution < -0.4 is 10.5 Å². The normalized spacial score (nSPS) is 12.5. The van der Waals surface area contributed by atoms with Gasteiger partial charge in [0, 0.05) is 24.7 Å². The number of aliphatic hydroxyl groups excluding tert-OH is 1. The zero-order chi connectivity index (χ0) is 9.68. The standard InChI is InChI=1S/C9H14N2O2/c1-13-9-7(3-2-4-11-9)5-8(12)6-10/h2-4,8,12H,5-6,10H2,1H3. The minimum absolute atomic E-state index is 0.248. The van der Waals surface area contributed by atoms with Gasteiger partial charge in [-0.05, 0) is 6.07 Å². The van der Waals surface area contributed by atoms with E-state index in [9.17, 15) is 5.11 Å². The summed E-state index contributed by atoms with van der Waals surface area (Å²) in [6, 6.07) is 3.67. The molecule has 13 heavy (non-hydrogen) atoms. The summed E-state index contributed by atoms with van der Waals surface area (Å²) in [7, 11) is 1.56. The zero-order valence-corrected chi connectivity index (χ0v) is 7.60. The van der Waals surface area contributed by atoms with E-state index < -0.39 is 6.10 Å². The molecular weight excluding hydrogens is 168 g/mol. The second kappa shape index (κ2) is 4.79. The highest BCUT2D eigenvalue weighted by Gasteiger charge is 2.08. The average molecular weight is 182 g/mol. The molecule has 4 heteroatoms. The first-order valence-corrected chi connectivity index (χ1v) is 4.14. The fraction of sp³-hybridized carbons (Fsp3) is 0.444. The molecule has 0 spiro atoms. The summed E-state index contributed by atoms with van der Waals surface area (Å²) < 4.78 is 5.03. The fourth-order valence-electron chi connectivity index (χ4n) is 1.10. The van der Waals surface area contributed by atoms with Crippen molar-refractivity contribution in [3.8, 4) is 5.88 Å². The van der Waals surface area contributed by atoms with Crippen molar-refractivity contribution in [3.05, 3.63) is 23.9 Å². The molecule has 4 nitrogen and oxygen atoms in total. The van der Waals surface area contributed by atoms with Crippen molar-refractivity contribution in [1.29, 1.82) is 0 Å². The second-order valence-corrected chi connectivity index (χ2v) is 2.77. The Labute approximate surface area is 77.4 Å². The Morgan fingerprint density at radius 1 is 1.69 bits per heavy atom. The minimum atomic E-state index is -0.530. The van der Waals surface area contributed by atoms with Crippen LogP contribution in [0.5, 0.6) is 5.88 Å². The lowest BCUT2D eigenvalue weighted by molar-refractivity contribution is 0.182. The van der Waals surface area contributed by atoms with Crippen molar-refractivity contribution in [3.63, 3.8) is 0 Å². The molecule has 0 aromatic carbocycles. The number of nitrogens with zero attached hydrogens (tertiary/aromatic N) is 1. The maximum atomic E-state index is 9.32. The summed E-state index contributed by atoms with van der Waals surface area (Å²) in [6.45, 7) is 0.248. The molecule has 0 aliphatic heterocycles. The molecule has 0 bridgehead atoms. The minimum Gasteiger partial charge on any atom is -0.481 e. The molecule has 1 aromatic heterocycles. The van der Waals surface area contributed by atoms with Crippen LogP contribution >= 0.6 is 0 Å². The number of methoxy groups -OCH3 is 1. The highest BCUT2D eigenvalue weighted by atomic mass is 16.5. The molecule has 0 amide bonds. The predicted octanol–water partition coefficient (Wildman–Crippen LogP) is -0.0477. The Morgan fingerprint density at radius 3 is 3.08 bits per heavy atom. The van der Waals surface area contributed by atoms with Crippen molar-refractivity contribution in [2.75, 3.05) is 13.7 Å². The van der Waals surface area contributed by atoms with Gasteiger partial charge in [-0.15, -0.1) is 0 Å². The van der Waals surface area contributed by atoms with E-state index in [-0.39, 0.29) is 6.54 Å². The number of nitrogens with two attached hydrogens (primary N) is 1. The molecule has 0 aliphatic carbocycles. The maximum Gasteiger partial charge on any atom is 0.216 e. The van der Waals surface area contributed by atoms with Gasteiger partial charge < -0.3 is 15.6 Å². The van der Waals surface area contributed by atoms with Gasteiger partial charge in [0.25, 0.3) is 0 Å². The largest absolute Gasteiger partial charge is 0.481 e. The molecule has 1 heterocycles. The Bertz CT molecular complexity index is 266. The quantitative estimate of drug-likeness (QED) is 0.685. The van der Waals surface area contributed by atoms with Crippen molar-refractivity contribution in [2.24, 2.45) is 5.73 Å². The summed E-state index contributed by atoms with van der Waals surface area (Å²) in [6.07, 6.45) is 1.60. The molecular formula is C9H14N2O2. The van der Waals surface area contributed by atoms with E-state index in [0.717, 1.165) is 5.56 Å². The van der Waals surface area contributed by atoms with Gasteiger partial charge in [0.1, 0.15) is 0 Å². The van der Waals surface area contributed by atoms with Gasteiger partial charge in [-0.1, -0.05) is 6.07 Å². The number of aromatic nitrogens is 1. The zero-order valence-electron chi connectivity index (χ0n) is 7.60. The Hall–Kier alpha value is -1.13. The summed E-state index contributed by atoms with van der Waals surface area (Å²) in [4.78, 5) is 4.01. The topological polar surface area (TPSA) is 68.4 Å². The molecule has 0 saturated heterocycles. The molecule has 1 atom stereocenters. The SMILES string of the molecule is COc1ncccc1CC(O)CN. The molecule has 72 valence electrons. The summed E-state index contributed by atoms with van der Waals surface area (Å²) in [5.41, 5.74) is 6.18. The predicted molar refractivity (Wildman–Crippen MR) is 49.6 cm³/mol. The number of hydrogen-bond acceptors (Lipinski definition) is 4. The van der Waals surface area contributed by atoms with E-state index in [1.807, 2.05) is 6.07 Å². The van der Waals surface area contributed by atoms with Crippen LogP contribution in [0.3, 0.4) is 0 Å². The number of pyridine rings is 1. The highest BCUT2D eigenvalue weighted by Crippen LogP contribution is 2.15. The highest BCUT2D eigenvalue weighted by molar-refractivity contribution is 5.25. The van der Waals surface area contributed by atoms with Crippen LogP contribution in [0.15, 0.2) is 18.3 Å². The van der Waals surface area contributed by atoms with Crippen LogP contribution in [0.4, 0.5) is 0 Å². The van der Waals surface area contributed by atoms with Crippen LogP contribution in [0.2, 0.25) is 0 Å². The van der Waals surface area contributed by atoms with Crippen molar-refractivity contribution in [1.82, 2.24) is 4.98 Å². The molecule has 1 unspecified atom stereocenters. The van der Waals surface area contributed by atoms with E-state index in [2.05, 4.69) is 4.98 Å². The summed E-state index contributed by atoms with van der Waals surface area (Å²) >= 11 is 0. The van der Waals surface area contributed by atoms with Gasteiger partial charge in [-0.3, -0.25) is 0 Å². The van der Waals surface area contributed by atoms with Crippen molar-refractivity contribution < 1.29 is 9.84 Å². The lowest BCUT2D eigenvalue weighted by Gasteiger charge is -2.09. The van der Waals surface area contributed by atoms with Crippen LogP contribution in [-0.4, -0.2) is 29.8 Å². The van der Waals surface area contributed by atoms with Gasteiger partial charge in [0.2, 0.25) is 5.88 Å². The molecule has 0 radical (unpaired) electrons. The van der Waals surface area contributed by atoms with Gasteiger partial charge in [-0.2, -0.15) is 0 Å². The van der Waals surface area contributed by atoms with Gasteiger partial charge >= 0.3 is 0 Å². The Balaban J connectivity index is 2.74. The third-order valence-corrected chi connectivity index (χ3v) is 1.77. The first-order valence-electron chi connectivity index (χ1n) is 4.14.